The lowest BCUT2D eigenvalue weighted by Gasteiger charge is -2.20. The maximum absolute atomic E-state index is 12.7. The largest absolute Gasteiger partial charge is 0.489 e. The zero-order valence-electron chi connectivity index (χ0n) is 19.0. The fourth-order valence-corrected chi connectivity index (χ4v) is 2.94. The third-order valence-electron chi connectivity index (χ3n) is 4.83. The quantitative estimate of drug-likeness (QED) is 0.440. The number of aryl methyl sites for hydroxylation is 2. The molecule has 0 radical (unpaired) electrons. The maximum Gasteiger partial charge on any atom is 0.176 e. The van der Waals surface area contributed by atoms with Gasteiger partial charge in [0.1, 0.15) is 23.9 Å². The van der Waals surface area contributed by atoms with Gasteiger partial charge in [0.25, 0.3) is 0 Å². The van der Waals surface area contributed by atoms with Crippen molar-refractivity contribution in [3.05, 3.63) is 89.0 Å². The van der Waals surface area contributed by atoms with Crippen molar-refractivity contribution in [3.63, 3.8) is 0 Å². The van der Waals surface area contributed by atoms with Crippen LogP contribution in [0.1, 0.15) is 47.8 Å². The van der Waals surface area contributed by atoms with E-state index < -0.39 is 0 Å². The fourth-order valence-electron chi connectivity index (χ4n) is 2.94. The van der Waals surface area contributed by atoms with Gasteiger partial charge in [-0.15, -0.1) is 0 Å². The number of ether oxygens (including phenoxy) is 2. The molecule has 0 saturated carbocycles. The van der Waals surface area contributed by atoms with Gasteiger partial charge >= 0.3 is 0 Å². The van der Waals surface area contributed by atoms with Crippen molar-refractivity contribution >= 4 is 5.78 Å². The van der Waals surface area contributed by atoms with E-state index in [1.807, 2.05) is 101 Å². The Hall–Kier alpha value is -3.11. The molecule has 0 aromatic heterocycles. The molecule has 0 heterocycles. The summed E-state index contributed by atoms with van der Waals surface area (Å²) in [6, 6.07) is 21.3. The van der Waals surface area contributed by atoms with Crippen LogP contribution in [0.5, 0.6) is 17.2 Å². The van der Waals surface area contributed by atoms with E-state index in [0.717, 1.165) is 17.1 Å². The standard InChI is InChI=1S/C27H31NO3/c1-19-6-11-23(12-7-19)30-18-22-16-21(25(29)17-28-27(3,4)5)10-15-26(22)31-24-13-8-20(2)9-14-24/h6-16,28H,17-18H2,1-5H3. The highest BCUT2D eigenvalue weighted by molar-refractivity contribution is 5.98. The van der Waals surface area contributed by atoms with Crippen molar-refractivity contribution in [3.8, 4) is 17.2 Å². The van der Waals surface area contributed by atoms with Crippen molar-refractivity contribution in [2.45, 2.75) is 46.8 Å². The van der Waals surface area contributed by atoms with E-state index >= 15 is 0 Å². The van der Waals surface area contributed by atoms with Crippen LogP contribution in [-0.4, -0.2) is 17.9 Å². The first-order valence-corrected chi connectivity index (χ1v) is 10.5. The highest BCUT2D eigenvalue weighted by atomic mass is 16.5. The Balaban J connectivity index is 1.83. The predicted octanol–water partition coefficient (Wildman–Crippen LogP) is 6.25. The molecule has 162 valence electrons. The van der Waals surface area contributed by atoms with Gasteiger partial charge < -0.3 is 14.8 Å². The van der Waals surface area contributed by atoms with Crippen LogP contribution in [0.2, 0.25) is 0 Å². The summed E-state index contributed by atoms with van der Waals surface area (Å²) in [5, 5.41) is 3.25. The molecule has 1 N–H and O–H groups in total. The summed E-state index contributed by atoms with van der Waals surface area (Å²) in [6.45, 7) is 10.8. The minimum absolute atomic E-state index is 0.0356. The summed E-state index contributed by atoms with van der Waals surface area (Å²) in [5.41, 5.74) is 3.68. The number of rotatable bonds is 8. The zero-order chi connectivity index (χ0) is 22.4. The Kier molecular flexibility index (Phi) is 7.13. The monoisotopic (exact) mass is 417 g/mol. The van der Waals surface area contributed by atoms with Gasteiger partial charge in [0.05, 0.1) is 6.54 Å². The summed E-state index contributed by atoms with van der Waals surface area (Å²) >= 11 is 0. The molecule has 0 bridgehead atoms. The Bertz CT molecular complexity index is 1020. The molecule has 3 aromatic carbocycles. The minimum Gasteiger partial charge on any atom is -0.489 e. The van der Waals surface area contributed by atoms with Gasteiger partial charge in [-0.1, -0.05) is 35.4 Å². The van der Waals surface area contributed by atoms with Crippen molar-refractivity contribution in [1.29, 1.82) is 0 Å². The molecule has 0 aliphatic heterocycles. The Morgan fingerprint density at radius 3 is 2.00 bits per heavy atom. The lowest BCUT2D eigenvalue weighted by Crippen LogP contribution is -2.39. The van der Waals surface area contributed by atoms with Crippen LogP contribution in [0, 0.1) is 13.8 Å². The summed E-state index contributed by atoms with van der Waals surface area (Å²) in [5.74, 6) is 2.23. The first-order valence-electron chi connectivity index (χ1n) is 10.5. The fraction of sp³-hybridized carbons (Fsp3) is 0.296. The minimum atomic E-state index is -0.123. The van der Waals surface area contributed by atoms with Crippen LogP contribution in [0.4, 0.5) is 0 Å². The second-order valence-corrected chi connectivity index (χ2v) is 8.87. The Labute approximate surface area is 185 Å². The van der Waals surface area contributed by atoms with Gasteiger partial charge in [-0.25, -0.2) is 0 Å². The number of carbonyl (C=O) groups is 1. The molecule has 31 heavy (non-hydrogen) atoms. The van der Waals surface area contributed by atoms with Crippen LogP contribution in [0.3, 0.4) is 0 Å². The Morgan fingerprint density at radius 2 is 1.42 bits per heavy atom. The van der Waals surface area contributed by atoms with E-state index in [1.165, 1.54) is 11.1 Å². The van der Waals surface area contributed by atoms with E-state index in [-0.39, 0.29) is 17.9 Å². The molecule has 4 heteroatoms. The molecular formula is C27H31NO3. The molecule has 0 fully saturated rings. The Morgan fingerprint density at radius 1 is 0.839 bits per heavy atom. The summed E-state index contributed by atoms with van der Waals surface area (Å²) in [6.07, 6.45) is 0. The smallest absolute Gasteiger partial charge is 0.176 e. The highest BCUT2D eigenvalue weighted by Crippen LogP contribution is 2.28. The number of hydrogen-bond acceptors (Lipinski definition) is 4. The van der Waals surface area contributed by atoms with E-state index in [9.17, 15) is 4.79 Å². The second-order valence-electron chi connectivity index (χ2n) is 8.87. The van der Waals surface area contributed by atoms with Crippen molar-refractivity contribution < 1.29 is 14.3 Å². The van der Waals surface area contributed by atoms with Crippen LogP contribution >= 0.6 is 0 Å². The maximum atomic E-state index is 12.7. The molecule has 0 amide bonds. The van der Waals surface area contributed by atoms with Gasteiger partial charge in [-0.05, 0) is 77.1 Å². The van der Waals surface area contributed by atoms with Crippen molar-refractivity contribution in [2.24, 2.45) is 0 Å². The number of ketones is 1. The highest BCUT2D eigenvalue weighted by Gasteiger charge is 2.15. The second kappa shape index (κ2) is 9.80. The van der Waals surface area contributed by atoms with Gasteiger partial charge in [0.15, 0.2) is 5.78 Å². The molecule has 0 unspecified atom stereocenters. The number of carbonyl (C=O) groups excluding carboxylic acids is 1. The molecule has 3 aromatic rings. The molecule has 0 saturated heterocycles. The van der Waals surface area contributed by atoms with Gasteiger partial charge in [0, 0.05) is 16.7 Å². The third-order valence-corrected chi connectivity index (χ3v) is 4.83. The number of nitrogens with one attached hydrogen (secondary N) is 1. The van der Waals surface area contributed by atoms with Gasteiger partial charge in [-0.3, -0.25) is 4.79 Å². The van der Waals surface area contributed by atoms with Crippen LogP contribution < -0.4 is 14.8 Å². The summed E-state index contributed by atoms with van der Waals surface area (Å²) in [4.78, 5) is 12.7. The number of benzene rings is 3. The van der Waals surface area contributed by atoms with Crippen LogP contribution in [0.15, 0.2) is 66.7 Å². The van der Waals surface area contributed by atoms with Crippen LogP contribution in [-0.2, 0) is 6.61 Å². The van der Waals surface area contributed by atoms with E-state index in [1.54, 1.807) is 0 Å². The normalized spacial score (nSPS) is 11.3. The lowest BCUT2D eigenvalue weighted by molar-refractivity contribution is 0.0982. The predicted molar refractivity (Wildman–Crippen MR) is 125 cm³/mol. The molecule has 0 aliphatic carbocycles. The summed E-state index contributed by atoms with van der Waals surface area (Å²) < 4.78 is 12.1. The van der Waals surface area contributed by atoms with E-state index in [4.69, 9.17) is 9.47 Å². The van der Waals surface area contributed by atoms with Gasteiger partial charge in [-0.2, -0.15) is 0 Å². The molecule has 0 atom stereocenters. The first kappa shape index (κ1) is 22.6. The molecule has 0 aliphatic rings. The lowest BCUT2D eigenvalue weighted by atomic mass is 10.0. The van der Waals surface area contributed by atoms with Crippen LogP contribution in [0.25, 0.3) is 0 Å². The number of hydrogen-bond donors (Lipinski definition) is 1. The van der Waals surface area contributed by atoms with E-state index in [2.05, 4.69) is 5.32 Å². The molecule has 3 rings (SSSR count). The first-order chi connectivity index (χ1) is 14.7. The third kappa shape index (κ3) is 6.97. The van der Waals surface area contributed by atoms with Crippen molar-refractivity contribution in [2.75, 3.05) is 6.54 Å². The molecule has 0 spiro atoms. The topological polar surface area (TPSA) is 47.6 Å². The van der Waals surface area contributed by atoms with E-state index in [0.29, 0.717) is 17.9 Å². The average Bonchev–Trinajstić information content (AvgIpc) is 2.73. The van der Waals surface area contributed by atoms with Crippen molar-refractivity contribution in [1.82, 2.24) is 5.32 Å². The van der Waals surface area contributed by atoms with Gasteiger partial charge in [0.2, 0.25) is 0 Å². The zero-order valence-corrected chi connectivity index (χ0v) is 19.0. The summed E-state index contributed by atoms with van der Waals surface area (Å²) in [7, 11) is 0. The molecular weight excluding hydrogens is 386 g/mol. The molecule has 4 nitrogen and oxygen atoms in total. The number of Topliss-reactive ketones (excluding diaryl/α,β-unsaturated/α-hetero) is 1. The average molecular weight is 418 g/mol. The SMILES string of the molecule is Cc1ccc(OCc2cc(C(=O)CNC(C)(C)C)ccc2Oc2ccc(C)cc2)cc1.